The molecule has 0 saturated carbocycles. The summed E-state index contributed by atoms with van der Waals surface area (Å²) in [4.78, 5) is 23.8. The number of allylic oxidation sites excluding steroid dienone is 2. The van der Waals surface area contributed by atoms with E-state index in [1.54, 1.807) is 0 Å². The molecule has 2 rings (SSSR count). The molecule has 8 nitrogen and oxygen atoms in total. The number of amides is 2. The second-order valence-electron chi connectivity index (χ2n) is 5.13. The summed E-state index contributed by atoms with van der Waals surface area (Å²) < 4.78 is 46.2. The van der Waals surface area contributed by atoms with E-state index < -0.39 is 60.2 Å². The van der Waals surface area contributed by atoms with Crippen LogP contribution in [0.2, 0.25) is 0 Å². The summed E-state index contributed by atoms with van der Waals surface area (Å²) in [6.45, 7) is 0. The van der Waals surface area contributed by atoms with E-state index in [0.717, 1.165) is 10.8 Å². The lowest BCUT2D eigenvalue weighted by Crippen LogP contribution is -2.57. The van der Waals surface area contributed by atoms with E-state index in [1.807, 2.05) is 0 Å². The first kappa shape index (κ1) is 15.7. The lowest BCUT2D eigenvalue weighted by Gasteiger charge is -2.35. The molecule has 0 radical (unpaired) electrons. The first-order valence-electron chi connectivity index (χ1n) is 5.93. The van der Waals surface area contributed by atoms with Crippen LogP contribution in [0.1, 0.15) is 0 Å². The average molecular weight is 334 g/mol. The van der Waals surface area contributed by atoms with Crippen LogP contribution in [0.4, 0.5) is 0 Å². The molecule has 0 spiro atoms. The Balaban J connectivity index is 2.56. The molecule has 21 heavy (non-hydrogen) atoms. The number of primary amides is 2. The Morgan fingerprint density at radius 3 is 1.38 bits per heavy atom. The van der Waals surface area contributed by atoms with Crippen molar-refractivity contribution in [2.75, 3.05) is 11.5 Å². The van der Waals surface area contributed by atoms with Gasteiger partial charge in [0, 0.05) is 22.7 Å². The first-order chi connectivity index (χ1) is 9.51. The van der Waals surface area contributed by atoms with Crippen LogP contribution < -0.4 is 11.5 Å². The topological polar surface area (TPSA) is 154 Å². The van der Waals surface area contributed by atoms with E-state index in [9.17, 15) is 26.4 Å². The van der Waals surface area contributed by atoms with E-state index >= 15 is 0 Å². The van der Waals surface area contributed by atoms with Crippen LogP contribution in [0.15, 0.2) is 23.0 Å². The van der Waals surface area contributed by atoms with E-state index in [-0.39, 0.29) is 0 Å². The fourth-order valence-corrected chi connectivity index (χ4v) is 5.68. The van der Waals surface area contributed by atoms with Crippen LogP contribution >= 0.6 is 0 Å². The summed E-state index contributed by atoms with van der Waals surface area (Å²) in [7, 11) is -7.15. The molecule has 0 aliphatic carbocycles. The van der Waals surface area contributed by atoms with E-state index in [0.29, 0.717) is 0 Å². The molecule has 2 heterocycles. The Kier molecular flexibility index (Phi) is 3.49. The highest BCUT2D eigenvalue weighted by Crippen LogP contribution is 2.43. The first-order valence-corrected chi connectivity index (χ1v) is 9.36. The van der Waals surface area contributed by atoms with Crippen molar-refractivity contribution in [1.82, 2.24) is 0 Å². The van der Waals surface area contributed by atoms with Crippen molar-refractivity contribution in [3.8, 4) is 0 Å². The third kappa shape index (κ3) is 2.48. The van der Waals surface area contributed by atoms with Crippen molar-refractivity contribution < 1.29 is 26.4 Å². The quantitative estimate of drug-likeness (QED) is 0.570. The largest absolute Gasteiger partial charge is 0.369 e. The van der Waals surface area contributed by atoms with Crippen molar-refractivity contribution >= 4 is 31.5 Å². The Hall–Kier alpha value is -1.68. The van der Waals surface area contributed by atoms with Gasteiger partial charge >= 0.3 is 0 Å². The minimum atomic E-state index is -3.57. The second-order valence-corrected chi connectivity index (χ2v) is 8.99. The molecular weight excluding hydrogens is 320 g/mol. The molecule has 0 saturated heterocycles. The van der Waals surface area contributed by atoms with Crippen LogP contribution in [0.25, 0.3) is 0 Å². The molecule has 0 aromatic heterocycles. The second kappa shape index (κ2) is 4.67. The van der Waals surface area contributed by atoms with Gasteiger partial charge in [-0.2, -0.15) is 0 Å². The van der Waals surface area contributed by atoms with Gasteiger partial charge in [0.15, 0.2) is 19.7 Å². The number of hydrogen-bond acceptors (Lipinski definition) is 6. The van der Waals surface area contributed by atoms with Crippen molar-refractivity contribution in [1.29, 1.82) is 0 Å². The van der Waals surface area contributed by atoms with Gasteiger partial charge in [-0.25, -0.2) is 16.8 Å². The molecule has 0 bridgehead atoms. The van der Waals surface area contributed by atoms with Crippen LogP contribution in [-0.2, 0) is 29.3 Å². The van der Waals surface area contributed by atoms with Gasteiger partial charge in [-0.1, -0.05) is 12.2 Å². The third-order valence-corrected chi connectivity index (χ3v) is 6.64. The van der Waals surface area contributed by atoms with Gasteiger partial charge in [-0.3, -0.25) is 9.59 Å². The summed E-state index contributed by atoms with van der Waals surface area (Å²) in [5, 5.41) is 1.76. The zero-order valence-corrected chi connectivity index (χ0v) is 12.4. The van der Waals surface area contributed by atoms with Gasteiger partial charge in [-0.05, 0) is 0 Å². The monoisotopic (exact) mass is 334 g/mol. The fourth-order valence-electron chi connectivity index (χ4n) is 2.85. The molecular formula is C11H14N2O6S2. The molecule has 2 aliphatic rings. The predicted octanol–water partition coefficient (Wildman–Crippen LogP) is -1.94. The highest BCUT2D eigenvalue weighted by Gasteiger charge is 2.57. The lowest BCUT2D eigenvalue weighted by atomic mass is 9.66. The van der Waals surface area contributed by atoms with Gasteiger partial charge < -0.3 is 11.5 Å². The third-order valence-electron chi connectivity index (χ3n) is 3.85. The fraction of sp³-hybridized carbons (Fsp3) is 0.455. The molecule has 0 aromatic rings. The molecule has 0 aromatic carbocycles. The summed E-state index contributed by atoms with van der Waals surface area (Å²) in [5.74, 6) is -5.45. The number of sulfone groups is 2. The maximum atomic E-state index is 11.9. The van der Waals surface area contributed by atoms with Gasteiger partial charge in [0.2, 0.25) is 11.8 Å². The molecule has 2 amide bonds. The average Bonchev–Trinajstić information content (AvgIpc) is 2.82. The van der Waals surface area contributed by atoms with E-state index in [1.165, 1.54) is 12.2 Å². The smallest absolute Gasteiger partial charge is 0.234 e. The number of rotatable bonds is 4. The molecule has 0 unspecified atom stereocenters. The Morgan fingerprint density at radius 1 is 0.857 bits per heavy atom. The SMILES string of the molecule is NC(=O)C(C(N)=O)([C@@H]1C=CS(=O)(=O)C1)[C@H]1C=CS(=O)(=O)C1. The number of carbonyl (C=O) groups is 2. The Labute approximate surface area is 121 Å². The Bertz CT molecular complexity index is 697. The lowest BCUT2D eigenvalue weighted by molar-refractivity contribution is -0.144. The number of hydrogen-bond donors (Lipinski definition) is 2. The molecule has 4 N–H and O–H groups in total. The van der Waals surface area contributed by atoms with Crippen molar-refractivity contribution in [2.24, 2.45) is 28.7 Å². The minimum absolute atomic E-state index is 0.511. The van der Waals surface area contributed by atoms with Gasteiger partial charge in [0.25, 0.3) is 0 Å². The van der Waals surface area contributed by atoms with Gasteiger partial charge in [-0.15, -0.1) is 0 Å². The zero-order chi connectivity index (χ0) is 16.1. The predicted molar refractivity (Wildman–Crippen MR) is 73.7 cm³/mol. The molecule has 0 fully saturated rings. The van der Waals surface area contributed by atoms with Crippen molar-refractivity contribution in [3.63, 3.8) is 0 Å². The molecule has 116 valence electrons. The van der Waals surface area contributed by atoms with E-state index in [2.05, 4.69) is 0 Å². The standard InChI is InChI=1S/C11H14N2O6S2/c12-9(14)11(10(13)15,7-1-3-20(16,17)5-7)8-2-4-21(18,19)6-8/h1-4,7-8H,5-6H2,(H2,12,14)(H2,13,15)/t7-,8+. The minimum Gasteiger partial charge on any atom is -0.369 e. The van der Waals surface area contributed by atoms with Gasteiger partial charge in [0.1, 0.15) is 5.41 Å². The van der Waals surface area contributed by atoms with Crippen LogP contribution in [-0.4, -0.2) is 40.2 Å². The zero-order valence-electron chi connectivity index (χ0n) is 10.8. The highest BCUT2D eigenvalue weighted by molar-refractivity contribution is 7.94. The van der Waals surface area contributed by atoms with Gasteiger partial charge in [0.05, 0.1) is 11.5 Å². The van der Waals surface area contributed by atoms with Crippen LogP contribution in [0.5, 0.6) is 0 Å². The van der Waals surface area contributed by atoms with Crippen molar-refractivity contribution in [3.05, 3.63) is 23.0 Å². The maximum absolute atomic E-state index is 11.9. The van der Waals surface area contributed by atoms with Crippen LogP contribution in [0, 0.1) is 17.3 Å². The summed E-state index contributed by atoms with van der Waals surface area (Å²) >= 11 is 0. The highest BCUT2D eigenvalue weighted by atomic mass is 32.2. The normalized spacial score (nSPS) is 29.5. The number of carbonyl (C=O) groups excluding carboxylic acids is 2. The van der Waals surface area contributed by atoms with Crippen LogP contribution in [0.3, 0.4) is 0 Å². The summed E-state index contributed by atoms with van der Waals surface area (Å²) in [6.07, 6.45) is 2.34. The Morgan fingerprint density at radius 2 is 1.19 bits per heavy atom. The summed E-state index contributed by atoms with van der Waals surface area (Å²) in [6, 6.07) is 0. The number of nitrogens with two attached hydrogens (primary N) is 2. The molecule has 10 heteroatoms. The van der Waals surface area contributed by atoms with Crippen molar-refractivity contribution in [2.45, 2.75) is 0 Å². The summed E-state index contributed by atoms with van der Waals surface area (Å²) in [5.41, 5.74) is 8.54. The van der Waals surface area contributed by atoms with E-state index in [4.69, 9.17) is 11.5 Å². The molecule has 2 atom stereocenters. The maximum Gasteiger partial charge on any atom is 0.234 e. The molecule has 2 aliphatic heterocycles.